The predicted molar refractivity (Wildman–Crippen MR) is 136 cm³/mol. The zero-order valence-electron chi connectivity index (χ0n) is 20.1. The number of aromatic hydroxyl groups is 1. The lowest BCUT2D eigenvalue weighted by atomic mass is 10.2. The van der Waals surface area contributed by atoms with E-state index >= 15 is 0 Å². The second kappa shape index (κ2) is 13.0. The van der Waals surface area contributed by atoms with Crippen molar-refractivity contribution in [2.75, 3.05) is 36.6 Å². The van der Waals surface area contributed by atoms with Gasteiger partial charge in [-0.3, -0.25) is 5.43 Å². The van der Waals surface area contributed by atoms with Crippen LogP contribution in [-0.4, -0.2) is 47.6 Å². The van der Waals surface area contributed by atoms with Crippen LogP contribution in [0.25, 0.3) is 0 Å². The van der Waals surface area contributed by atoms with Crippen molar-refractivity contribution in [2.24, 2.45) is 5.10 Å². The predicted octanol–water partition coefficient (Wildman–Crippen LogP) is 5.02. The highest BCUT2D eigenvalue weighted by molar-refractivity contribution is 5.80. The summed E-state index contributed by atoms with van der Waals surface area (Å²) in [6, 6.07) is 15.2. The van der Waals surface area contributed by atoms with Crippen LogP contribution in [0.3, 0.4) is 0 Å². The van der Waals surface area contributed by atoms with Gasteiger partial charge in [0.25, 0.3) is 0 Å². The molecule has 0 radical (unpaired) electrons. The molecule has 0 saturated heterocycles. The van der Waals surface area contributed by atoms with Crippen molar-refractivity contribution in [2.45, 2.75) is 33.6 Å². The van der Waals surface area contributed by atoms with Gasteiger partial charge in [-0.25, -0.2) is 4.98 Å². The largest absolute Gasteiger partial charge is 0.506 e. The van der Waals surface area contributed by atoms with E-state index in [1.807, 2.05) is 24.3 Å². The molecule has 0 amide bonds. The molecule has 34 heavy (non-hydrogen) atoms. The van der Waals surface area contributed by atoms with Crippen molar-refractivity contribution in [1.29, 1.82) is 0 Å². The molecular weight excluding hydrogens is 430 g/mol. The van der Waals surface area contributed by atoms with E-state index in [1.54, 1.807) is 12.3 Å². The van der Waals surface area contributed by atoms with Crippen molar-refractivity contribution >= 4 is 17.7 Å². The standard InChI is InChI=1S/C26H33N5O3/c1-4-11-31(12-5-2)22-16-24(30-28-18-21-8-6-7-20(3)15-21)29-26(17-22)34-14-13-33-25-10-9-23(32)19-27-25/h6-10,15-19,32H,4-5,11-14H2,1-3H3,(H,29,30)/b28-18+. The van der Waals surface area contributed by atoms with Gasteiger partial charge in [-0.05, 0) is 31.4 Å². The topological polar surface area (TPSA) is 92.1 Å². The number of ether oxygens (including phenoxy) is 2. The summed E-state index contributed by atoms with van der Waals surface area (Å²) in [6.45, 7) is 8.87. The monoisotopic (exact) mass is 463 g/mol. The third-order valence-corrected chi connectivity index (χ3v) is 4.88. The van der Waals surface area contributed by atoms with Crippen LogP contribution in [0.5, 0.6) is 17.5 Å². The van der Waals surface area contributed by atoms with Gasteiger partial charge in [0, 0.05) is 37.0 Å². The van der Waals surface area contributed by atoms with Crippen LogP contribution >= 0.6 is 0 Å². The second-order valence-electron chi connectivity index (χ2n) is 7.87. The number of anilines is 2. The molecule has 0 atom stereocenters. The molecule has 0 unspecified atom stereocenters. The third kappa shape index (κ3) is 7.95. The highest BCUT2D eigenvalue weighted by Gasteiger charge is 2.10. The highest BCUT2D eigenvalue weighted by Crippen LogP contribution is 2.25. The van der Waals surface area contributed by atoms with Gasteiger partial charge in [-0.15, -0.1) is 0 Å². The zero-order chi connectivity index (χ0) is 24.2. The van der Waals surface area contributed by atoms with Gasteiger partial charge in [0.15, 0.2) is 5.82 Å². The Bertz CT molecular complexity index is 1050. The number of hydrazone groups is 1. The molecule has 0 aliphatic carbocycles. The first kappa shape index (κ1) is 24.8. The van der Waals surface area contributed by atoms with E-state index in [0.717, 1.165) is 37.2 Å². The Balaban J connectivity index is 1.69. The molecular formula is C26H33N5O3. The Hall–Kier alpha value is -3.81. The Labute approximate surface area is 201 Å². The first-order valence-electron chi connectivity index (χ1n) is 11.6. The molecule has 0 fully saturated rings. The molecule has 2 N–H and O–H groups in total. The first-order chi connectivity index (χ1) is 16.6. The number of benzene rings is 1. The molecule has 0 bridgehead atoms. The SMILES string of the molecule is CCCN(CCC)c1cc(N/N=C/c2cccc(C)c2)nc(OCCOc2ccc(O)cn2)c1. The average molecular weight is 464 g/mol. The van der Waals surface area contributed by atoms with E-state index in [0.29, 0.717) is 30.8 Å². The summed E-state index contributed by atoms with van der Waals surface area (Å²) in [4.78, 5) is 10.9. The number of nitrogens with one attached hydrogen (secondary N) is 1. The summed E-state index contributed by atoms with van der Waals surface area (Å²) in [7, 11) is 0. The number of hydrogen-bond acceptors (Lipinski definition) is 8. The fraction of sp³-hybridized carbons (Fsp3) is 0.346. The average Bonchev–Trinajstić information content (AvgIpc) is 2.83. The molecule has 2 heterocycles. The molecule has 3 rings (SSSR count). The van der Waals surface area contributed by atoms with E-state index in [1.165, 1.54) is 17.8 Å². The van der Waals surface area contributed by atoms with Crippen molar-refractivity contribution in [3.63, 3.8) is 0 Å². The lowest BCUT2D eigenvalue weighted by Crippen LogP contribution is -2.25. The highest BCUT2D eigenvalue weighted by atomic mass is 16.5. The van der Waals surface area contributed by atoms with Crippen LogP contribution in [0, 0.1) is 6.92 Å². The van der Waals surface area contributed by atoms with Gasteiger partial charge in [-0.2, -0.15) is 10.1 Å². The fourth-order valence-electron chi connectivity index (χ4n) is 3.39. The maximum atomic E-state index is 9.32. The van der Waals surface area contributed by atoms with E-state index in [9.17, 15) is 5.11 Å². The van der Waals surface area contributed by atoms with E-state index in [-0.39, 0.29) is 5.75 Å². The summed E-state index contributed by atoms with van der Waals surface area (Å²) in [5, 5.41) is 13.7. The minimum absolute atomic E-state index is 0.0958. The number of aromatic nitrogens is 2. The third-order valence-electron chi connectivity index (χ3n) is 4.88. The van der Waals surface area contributed by atoms with Crippen molar-refractivity contribution < 1.29 is 14.6 Å². The molecule has 3 aromatic rings. The lowest BCUT2D eigenvalue weighted by molar-refractivity contribution is 0.207. The van der Waals surface area contributed by atoms with Crippen LogP contribution in [0.2, 0.25) is 0 Å². The summed E-state index contributed by atoms with van der Waals surface area (Å²) in [5.41, 5.74) is 6.26. The van der Waals surface area contributed by atoms with E-state index < -0.39 is 0 Å². The summed E-state index contributed by atoms with van der Waals surface area (Å²) in [5.74, 6) is 1.62. The molecule has 1 aromatic carbocycles. The quantitative estimate of drug-likeness (QED) is 0.209. The molecule has 8 heteroatoms. The van der Waals surface area contributed by atoms with E-state index in [2.05, 4.69) is 58.3 Å². The van der Waals surface area contributed by atoms with Crippen LogP contribution in [0.1, 0.15) is 37.8 Å². The van der Waals surface area contributed by atoms with Crippen LogP contribution in [0.15, 0.2) is 59.8 Å². The van der Waals surface area contributed by atoms with Crippen molar-refractivity contribution in [3.05, 3.63) is 65.9 Å². The molecule has 180 valence electrons. The zero-order valence-corrected chi connectivity index (χ0v) is 20.1. The number of nitrogens with zero attached hydrogens (tertiary/aromatic N) is 4. The Morgan fingerprint density at radius 2 is 1.76 bits per heavy atom. The number of pyridine rings is 2. The minimum atomic E-state index is 0.0958. The molecule has 0 aliphatic rings. The maximum Gasteiger partial charge on any atom is 0.217 e. The maximum absolute atomic E-state index is 9.32. The number of hydrogen-bond donors (Lipinski definition) is 2. The van der Waals surface area contributed by atoms with Crippen LogP contribution in [-0.2, 0) is 0 Å². The number of rotatable bonds is 13. The summed E-state index contributed by atoms with van der Waals surface area (Å²) < 4.78 is 11.5. The smallest absolute Gasteiger partial charge is 0.217 e. The Morgan fingerprint density at radius 1 is 1.00 bits per heavy atom. The van der Waals surface area contributed by atoms with Crippen LogP contribution in [0.4, 0.5) is 11.5 Å². The van der Waals surface area contributed by atoms with Gasteiger partial charge in [0.1, 0.15) is 19.0 Å². The first-order valence-corrected chi connectivity index (χ1v) is 11.6. The Kier molecular flexibility index (Phi) is 9.52. The second-order valence-corrected chi connectivity index (χ2v) is 7.87. The molecule has 0 saturated carbocycles. The summed E-state index contributed by atoms with van der Waals surface area (Å²) >= 11 is 0. The number of aryl methyl sites for hydroxylation is 1. The molecule has 0 aliphatic heterocycles. The van der Waals surface area contributed by atoms with Crippen molar-refractivity contribution in [3.8, 4) is 17.5 Å². The van der Waals surface area contributed by atoms with Crippen molar-refractivity contribution in [1.82, 2.24) is 9.97 Å². The molecule has 0 spiro atoms. The lowest BCUT2D eigenvalue weighted by Gasteiger charge is -2.24. The minimum Gasteiger partial charge on any atom is -0.506 e. The summed E-state index contributed by atoms with van der Waals surface area (Å²) in [6.07, 6.45) is 5.20. The van der Waals surface area contributed by atoms with Gasteiger partial charge in [0.05, 0.1) is 12.4 Å². The van der Waals surface area contributed by atoms with Crippen LogP contribution < -0.4 is 19.8 Å². The molecule has 8 nitrogen and oxygen atoms in total. The Morgan fingerprint density at radius 3 is 2.44 bits per heavy atom. The van der Waals surface area contributed by atoms with Gasteiger partial charge in [-0.1, -0.05) is 43.7 Å². The molecule has 2 aromatic heterocycles. The van der Waals surface area contributed by atoms with Gasteiger partial charge < -0.3 is 19.5 Å². The fourth-order valence-corrected chi connectivity index (χ4v) is 3.39. The van der Waals surface area contributed by atoms with Gasteiger partial charge >= 0.3 is 0 Å². The van der Waals surface area contributed by atoms with E-state index in [4.69, 9.17) is 9.47 Å². The van der Waals surface area contributed by atoms with Gasteiger partial charge in [0.2, 0.25) is 11.8 Å². The normalized spacial score (nSPS) is 10.9.